The van der Waals surface area contributed by atoms with Crippen LogP contribution < -0.4 is 4.90 Å². The molecule has 1 amide bonds. The highest BCUT2D eigenvalue weighted by atomic mass is 32.2. The van der Waals surface area contributed by atoms with Crippen LogP contribution in [0.2, 0.25) is 0 Å². The molecule has 5 rings (SSSR count). The van der Waals surface area contributed by atoms with Crippen molar-refractivity contribution in [1.29, 1.82) is 0 Å². The van der Waals surface area contributed by atoms with Gasteiger partial charge in [-0.05, 0) is 49.9 Å². The quantitative estimate of drug-likeness (QED) is 0.422. The van der Waals surface area contributed by atoms with Crippen LogP contribution in [0.1, 0.15) is 51.0 Å². The van der Waals surface area contributed by atoms with Gasteiger partial charge in [-0.2, -0.15) is 0 Å². The summed E-state index contributed by atoms with van der Waals surface area (Å²) in [6, 6.07) is 17.2. The molecule has 7 heteroatoms. The second-order valence-corrected chi connectivity index (χ2v) is 9.51. The van der Waals surface area contributed by atoms with Gasteiger partial charge in [-0.15, -0.1) is 10.2 Å². The summed E-state index contributed by atoms with van der Waals surface area (Å²) in [5, 5.41) is 9.35. The summed E-state index contributed by atoms with van der Waals surface area (Å²) in [5.41, 5.74) is 1.42. The summed E-state index contributed by atoms with van der Waals surface area (Å²) in [4.78, 5) is 15.4. The standard InChI is InChI=1S/C25H27FN4OS/c26-22-14-8-7-13-21(22)24-27-28-25(30(24)20-15-16-20)32-17-23(31)29(18-9-3-1-4-10-18)19-11-5-2-6-12-19/h1,3-4,7-10,13-14,19-20H,2,5-6,11-12,15-17H2. The number of carbonyl (C=O) groups is 1. The van der Waals surface area contributed by atoms with Crippen molar-refractivity contribution in [3.63, 3.8) is 0 Å². The van der Waals surface area contributed by atoms with E-state index in [2.05, 4.69) is 10.2 Å². The van der Waals surface area contributed by atoms with E-state index in [4.69, 9.17) is 0 Å². The molecule has 0 saturated heterocycles. The minimum atomic E-state index is -0.304. The van der Waals surface area contributed by atoms with Gasteiger partial charge in [0.25, 0.3) is 0 Å². The number of hydrogen-bond acceptors (Lipinski definition) is 4. The minimum absolute atomic E-state index is 0.0888. The molecule has 2 aliphatic rings. The van der Waals surface area contributed by atoms with E-state index in [-0.39, 0.29) is 29.6 Å². The van der Waals surface area contributed by atoms with E-state index in [1.165, 1.54) is 24.2 Å². The smallest absolute Gasteiger partial charge is 0.237 e. The third-order valence-electron chi connectivity index (χ3n) is 6.26. The van der Waals surface area contributed by atoms with Gasteiger partial charge >= 0.3 is 0 Å². The molecule has 0 radical (unpaired) electrons. The zero-order valence-electron chi connectivity index (χ0n) is 18.0. The molecule has 0 atom stereocenters. The van der Waals surface area contributed by atoms with Gasteiger partial charge in [0.2, 0.25) is 5.91 Å². The van der Waals surface area contributed by atoms with Gasteiger partial charge in [0.1, 0.15) is 5.82 Å². The van der Waals surface area contributed by atoms with Crippen LogP contribution in [0.25, 0.3) is 11.4 Å². The maximum absolute atomic E-state index is 14.4. The first-order valence-electron chi connectivity index (χ1n) is 11.4. The van der Waals surface area contributed by atoms with Crippen molar-refractivity contribution < 1.29 is 9.18 Å². The summed E-state index contributed by atoms with van der Waals surface area (Å²) in [6.45, 7) is 0. The SMILES string of the molecule is O=C(CSc1nnc(-c2ccccc2F)n1C1CC1)N(c1ccccc1)C1CCCCC1. The summed E-state index contributed by atoms with van der Waals surface area (Å²) < 4.78 is 16.4. The molecule has 166 valence electrons. The van der Waals surface area contributed by atoms with Crippen molar-refractivity contribution in [2.45, 2.75) is 62.2 Å². The van der Waals surface area contributed by atoms with Crippen molar-refractivity contribution >= 4 is 23.4 Å². The van der Waals surface area contributed by atoms with Crippen LogP contribution in [-0.2, 0) is 4.79 Å². The molecule has 5 nitrogen and oxygen atoms in total. The second kappa shape index (κ2) is 9.45. The first kappa shape index (κ1) is 21.2. The Morgan fingerprint density at radius 1 is 0.969 bits per heavy atom. The maximum atomic E-state index is 14.4. The molecule has 2 aliphatic carbocycles. The summed E-state index contributed by atoms with van der Waals surface area (Å²) in [7, 11) is 0. The molecule has 2 saturated carbocycles. The molecule has 2 aromatic carbocycles. The Balaban J connectivity index is 1.37. The molecule has 0 bridgehead atoms. The Morgan fingerprint density at radius 3 is 2.41 bits per heavy atom. The van der Waals surface area contributed by atoms with Crippen molar-refractivity contribution in [1.82, 2.24) is 14.8 Å². The predicted molar refractivity (Wildman–Crippen MR) is 125 cm³/mol. The van der Waals surface area contributed by atoms with Gasteiger partial charge < -0.3 is 4.90 Å². The minimum Gasteiger partial charge on any atom is -0.309 e. The number of hydrogen-bond donors (Lipinski definition) is 0. The molecule has 1 heterocycles. The highest BCUT2D eigenvalue weighted by molar-refractivity contribution is 7.99. The van der Waals surface area contributed by atoms with Crippen LogP contribution in [0.3, 0.4) is 0 Å². The molecular weight excluding hydrogens is 423 g/mol. The number of halogens is 1. The average molecular weight is 451 g/mol. The van der Waals surface area contributed by atoms with E-state index in [1.807, 2.05) is 45.9 Å². The number of thioether (sulfide) groups is 1. The van der Waals surface area contributed by atoms with E-state index in [0.717, 1.165) is 44.2 Å². The Bertz CT molecular complexity index is 1080. The van der Waals surface area contributed by atoms with Crippen LogP contribution in [0, 0.1) is 5.82 Å². The third kappa shape index (κ3) is 4.44. The molecule has 3 aromatic rings. The molecular formula is C25H27FN4OS. The summed E-state index contributed by atoms with van der Waals surface area (Å²) in [6.07, 6.45) is 7.71. The lowest BCUT2D eigenvalue weighted by Gasteiger charge is -2.34. The Labute approximate surface area is 192 Å². The zero-order chi connectivity index (χ0) is 21.9. The second-order valence-electron chi connectivity index (χ2n) is 8.57. The fraction of sp³-hybridized carbons (Fsp3) is 0.400. The highest BCUT2D eigenvalue weighted by Crippen LogP contribution is 2.41. The topological polar surface area (TPSA) is 51.0 Å². The van der Waals surface area contributed by atoms with E-state index in [9.17, 15) is 9.18 Å². The summed E-state index contributed by atoms with van der Waals surface area (Å²) in [5.74, 6) is 0.619. The van der Waals surface area contributed by atoms with Crippen molar-refractivity contribution in [2.75, 3.05) is 10.7 Å². The Kier molecular flexibility index (Phi) is 6.26. The zero-order valence-corrected chi connectivity index (χ0v) is 18.8. The van der Waals surface area contributed by atoms with Crippen LogP contribution in [0.5, 0.6) is 0 Å². The van der Waals surface area contributed by atoms with Gasteiger partial charge in [-0.1, -0.05) is 61.4 Å². The lowest BCUT2D eigenvalue weighted by Crippen LogP contribution is -2.42. The molecule has 0 N–H and O–H groups in total. The number of amides is 1. The number of benzene rings is 2. The maximum Gasteiger partial charge on any atom is 0.237 e. The largest absolute Gasteiger partial charge is 0.309 e. The number of rotatable bonds is 7. The number of carbonyl (C=O) groups excluding carboxylic acids is 1. The Hall–Kier alpha value is -2.67. The summed E-state index contributed by atoms with van der Waals surface area (Å²) >= 11 is 1.41. The molecule has 0 unspecified atom stereocenters. The number of nitrogens with zero attached hydrogens (tertiary/aromatic N) is 4. The average Bonchev–Trinajstić information content (AvgIpc) is 3.59. The molecule has 32 heavy (non-hydrogen) atoms. The fourth-order valence-electron chi connectivity index (χ4n) is 4.55. The molecule has 0 spiro atoms. The first-order chi connectivity index (χ1) is 15.7. The fourth-order valence-corrected chi connectivity index (χ4v) is 5.41. The van der Waals surface area contributed by atoms with E-state index in [0.29, 0.717) is 16.5 Å². The van der Waals surface area contributed by atoms with Gasteiger partial charge in [-0.25, -0.2) is 4.39 Å². The van der Waals surface area contributed by atoms with Gasteiger partial charge in [-0.3, -0.25) is 9.36 Å². The van der Waals surface area contributed by atoms with Gasteiger partial charge in [0.15, 0.2) is 11.0 Å². The number of anilines is 1. The normalized spacial score (nSPS) is 16.8. The first-order valence-corrected chi connectivity index (χ1v) is 12.4. The number of aromatic nitrogens is 3. The monoisotopic (exact) mass is 450 g/mol. The van der Waals surface area contributed by atoms with Crippen molar-refractivity contribution in [2.24, 2.45) is 0 Å². The van der Waals surface area contributed by atoms with Crippen LogP contribution >= 0.6 is 11.8 Å². The lowest BCUT2D eigenvalue weighted by molar-refractivity contribution is -0.116. The van der Waals surface area contributed by atoms with Gasteiger partial charge in [0.05, 0.1) is 11.3 Å². The van der Waals surface area contributed by atoms with E-state index < -0.39 is 0 Å². The lowest BCUT2D eigenvalue weighted by atomic mass is 9.93. The number of para-hydroxylation sites is 1. The highest BCUT2D eigenvalue weighted by Gasteiger charge is 2.32. The predicted octanol–water partition coefficient (Wildman–Crippen LogP) is 5.88. The van der Waals surface area contributed by atoms with E-state index >= 15 is 0 Å². The van der Waals surface area contributed by atoms with Crippen LogP contribution in [-0.4, -0.2) is 32.5 Å². The van der Waals surface area contributed by atoms with Gasteiger partial charge in [0, 0.05) is 17.8 Å². The van der Waals surface area contributed by atoms with Crippen LogP contribution in [0.4, 0.5) is 10.1 Å². The van der Waals surface area contributed by atoms with Crippen LogP contribution in [0.15, 0.2) is 59.8 Å². The Morgan fingerprint density at radius 2 is 1.69 bits per heavy atom. The molecule has 0 aliphatic heterocycles. The van der Waals surface area contributed by atoms with Crippen molar-refractivity contribution in [3.8, 4) is 11.4 Å². The molecule has 2 fully saturated rings. The van der Waals surface area contributed by atoms with Crippen molar-refractivity contribution in [3.05, 3.63) is 60.4 Å². The van der Waals surface area contributed by atoms with E-state index in [1.54, 1.807) is 12.1 Å². The third-order valence-corrected chi connectivity index (χ3v) is 7.19. The molecule has 1 aromatic heterocycles.